The number of rotatable bonds is 5. The minimum atomic E-state index is 0.00111. The Morgan fingerprint density at radius 1 is 1.33 bits per heavy atom. The van der Waals surface area contributed by atoms with E-state index in [0.29, 0.717) is 5.69 Å². The summed E-state index contributed by atoms with van der Waals surface area (Å²) in [6.45, 7) is 4.07. The molecular weight excluding hydrogens is 302 g/mol. The Hall–Kier alpha value is -2.27. The Morgan fingerprint density at radius 2 is 2.17 bits per heavy atom. The fourth-order valence-corrected chi connectivity index (χ4v) is 3.32. The van der Waals surface area contributed by atoms with E-state index >= 15 is 0 Å². The lowest BCUT2D eigenvalue weighted by Crippen LogP contribution is -2.38. The average molecular weight is 325 g/mol. The van der Waals surface area contributed by atoms with Gasteiger partial charge in [0, 0.05) is 49.7 Å². The van der Waals surface area contributed by atoms with E-state index in [-0.39, 0.29) is 17.5 Å². The molecule has 1 fully saturated rings. The molecule has 0 bridgehead atoms. The molecule has 1 unspecified atom stereocenters. The van der Waals surface area contributed by atoms with Crippen molar-refractivity contribution in [2.75, 3.05) is 13.1 Å². The van der Waals surface area contributed by atoms with Crippen LogP contribution in [0.15, 0.2) is 36.7 Å². The number of hydrogen-bond acceptors (Lipinski definition) is 4. The minimum Gasteiger partial charge on any atom is -0.353 e. The summed E-state index contributed by atoms with van der Waals surface area (Å²) in [5.41, 5.74) is 2.40. The molecule has 2 aromatic heterocycles. The van der Waals surface area contributed by atoms with Gasteiger partial charge in [-0.1, -0.05) is 6.07 Å². The molecule has 3 heterocycles. The van der Waals surface area contributed by atoms with Crippen molar-refractivity contribution in [2.24, 2.45) is 13.0 Å². The second-order valence-electron chi connectivity index (χ2n) is 6.54. The van der Waals surface area contributed by atoms with Crippen LogP contribution in [0.3, 0.4) is 0 Å². The van der Waals surface area contributed by atoms with E-state index in [0.717, 1.165) is 43.7 Å². The monoisotopic (exact) mass is 325 g/mol. The fraction of sp³-hybridized carbons (Fsp3) is 0.421. The number of carbonyl (C=O) groups is 2. The van der Waals surface area contributed by atoms with Gasteiger partial charge in [0.1, 0.15) is 5.69 Å². The lowest BCUT2D eigenvalue weighted by molar-refractivity contribution is 0.0804. The highest BCUT2D eigenvalue weighted by Gasteiger charge is 2.27. The summed E-state index contributed by atoms with van der Waals surface area (Å²) in [6.07, 6.45) is 5.46. The third-order valence-corrected chi connectivity index (χ3v) is 4.69. The third kappa shape index (κ3) is 3.62. The first-order chi connectivity index (χ1) is 11.5. The molecule has 0 aromatic carbocycles. The molecule has 0 radical (unpaired) electrons. The van der Waals surface area contributed by atoms with Gasteiger partial charge in [0.05, 0.1) is 0 Å². The quantitative estimate of drug-likeness (QED) is 0.793. The zero-order valence-electron chi connectivity index (χ0n) is 14.2. The third-order valence-electron chi connectivity index (χ3n) is 4.69. The summed E-state index contributed by atoms with van der Waals surface area (Å²) in [6, 6.07) is 7.42. The van der Waals surface area contributed by atoms with Gasteiger partial charge in [0.15, 0.2) is 11.6 Å². The maximum atomic E-state index is 12.6. The summed E-state index contributed by atoms with van der Waals surface area (Å²) < 4.78 is 2.00. The first-order valence-corrected chi connectivity index (χ1v) is 8.38. The number of pyridine rings is 1. The Balaban J connectivity index is 1.68. The number of Topliss-reactive ketones (excluding diaryl/α,β-unsaturated/α-hetero) is 2. The Morgan fingerprint density at radius 3 is 2.83 bits per heavy atom. The molecule has 5 heteroatoms. The first kappa shape index (κ1) is 16.6. The SMILES string of the molecule is CC(=O)c1cc(CN2CCCC(C(=O)c3ccccn3)C2)n(C)c1. The number of likely N-dealkylation sites (tertiary alicyclic amines) is 1. The summed E-state index contributed by atoms with van der Waals surface area (Å²) >= 11 is 0. The van der Waals surface area contributed by atoms with E-state index in [4.69, 9.17) is 0 Å². The molecule has 1 saturated heterocycles. The zero-order chi connectivity index (χ0) is 17.1. The maximum Gasteiger partial charge on any atom is 0.185 e. The first-order valence-electron chi connectivity index (χ1n) is 8.38. The van der Waals surface area contributed by atoms with Crippen LogP contribution in [-0.4, -0.2) is 39.1 Å². The van der Waals surface area contributed by atoms with E-state index in [2.05, 4.69) is 9.88 Å². The molecular formula is C19H23N3O2. The molecule has 1 aliphatic heterocycles. The molecule has 1 aliphatic rings. The summed E-state index contributed by atoms with van der Waals surface area (Å²) in [7, 11) is 1.96. The Labute approximate surface area is 142 Å². The van der Waals surface area contributed by atoms with Gasteiger partial charge < -0.3 is 4.57 Å². The predicted molar refractivity (Wildman–Crippen MR) is 92.0 cm³/mol. The van der Waals surface area contributed by atoms with Crippen LogP contribution in [-0.2, 0) is 13.6 Å². The molecule has 24 heavy (non-hydrogen) atoms. The van der Waals surface area contributed by atoms with Gasteiger partial charge in [-0.3, -0.25) is 19.5 Å². The molecule has 3 rings (SSSR count). The molecule has 0 amide bonds. The van der Waals surface area contributed by atoms with Crippen molar-refractivity contribution in [3.8, 4) is 0 Å². The number of hydrogen-bond donors (Lipinski definition) is 0. The predicted octanol–water partition coefficient (Wildman–Crippen LogP) is 2.72. The van der Waals surface area contributed by atoms with Crippen LogP contribution in [0.5, 0.6) is 0 Å². The van der Waals surface area contributed by atoms with E-state index in [9.17, 15) is 9.59 Å². The van der Waals surface area contributed by atoms with Gasteiger partial charge in [0.2, 0.25) is 0 Å². The van der Waals surface area contributed by atoms with Crippen LogP contribution in [0.25, 0.3) is 0 Å². The molecule has 0 spiro atoms. The number of ketones is 2. The van der Waals surface area contributed by atoms with Crippen LogP contribution in [0.1, 0.15) is 46.3 Å². The number of piperidine rings is 1. The lowest BCUT2D eigenvalue weighted by atomic mass is 9.92. The van der Waals surface area contributed by atoms with Gasteiger partial charge in [-0.05, 0) is 44.5 Å². The number of aryl methyl sites for hydroxylation is 1. The van der Waals surface area contributed by atoms with Crippen LogP contribution < -0.4 is 0 Å². The molecule has 5 nitrogen and oxygen atoms in total. The minimum absolute atomic E-state index is 0.00111. The molecule has 126 valence electrons. The van der Waals surface area contributed by atoms with Crippen molar-refractivity contribution in [3.63, 3.8) is 0 Å². The van der Waals surface area contributed by atoms with Crippen molar-refractivity contribution in [2.45, 2.75) is 26.3 Å². The van der Waals surface area contributed by atoms with Crippen molar-refractivity contribution in [1.29, 1.82) is 0 Å². The summed E-state index contributed by atoms with van der Waals surface area (Å²) in [5.74, 6) is 0.219. The van der Waals surface area contributed by atoms with Gasteiger partial charge in [-0.25, -0.2) is 0 Å². The largest absolute Gasteiger partial charge is 0.353 e. The van der Waals surface area contributed by atoms with Crippen molar-refractivity contribution in [1.82, 2.24) is 14.5 Å². The highest BCUT2D eigenvalue weighted by molar-refractivity contribution is 5.96. The van der Waals surface area contributed by atoms with Crippen LogP contribution in [0, 0.1) is 5.92 Å². The highest BCUT2D eigenvalue weighted by Crippen LogP contribution is 2.22. The van der Waals surface area contributed by atoms with Crippen LogP contribution >= 0.6 is 0 Å². The number of nitrogens with zero attached hydrogens (tertiary/aromatic N) is 3. The highest BCUT2D eigenvalue weighted by atomic mass is 16.1. The van der Waals surface area contributed by atoms with E-state index in [1.165, 1.54) is 0 Å². The van der Waals surface area contributed by atoms with E-state index in [1.807, 2.05) is 36.0 Å². The van der Waals surface area contributed by atoms with Gasteiger partial charge in [0.25, 0.3) is 0 Å². The van der Waals surface area contributed by atoms with Crippen molar-refractivity contribution >= 4 is 11.6 Å². The molecule has 1 atom stereocenters. The number of aromatic nitrogens is 2. The Bertz CT molecular complexity index is 736. The van der Waals surface area contributed by atoms with Crippen LogP contribution in [0.4, 0.5) is 0 Å². The smallest absolute Gasteiger partial charge is 0.185 e. The van der Waals surface area contributed by atoms with Crippen LogP contribution in [0.2, 0.25) is 0 Å². The standard InChI is InChI=1S/C19H23N3O2/c1-14(23)16-10-17(21(2)11-16)13-22-9-5-6-15(12-22)19(24)18-7-3-4-8-20-18/h3-4,7-8,10-11,15H,5-6,9,12-13H2,1-2H3. The topological polar surface area (TPSA) is 55.2 Å². The summed E-state index contributed by atoms with van der Waals surface area (Å²) in [4.78, 5) is 30.6. The van der Waals surface area contributed by atoms with Crippen molar-refractivity contribution < 1.29 is 9.59 Å². The number of carbonyl (C=O) groups excluding carboxylic acids is 2. The molecule has 0 aliphatic carbocycles. The van der Waals surface area contributed by atoms with Crippen molar-refractivity contribution in [3.05, 3.63) is 53.6 Å². The fourth-order valence-electron chi connectivity index (χ4n) is 3.32. The second-order valence-corrected chi connectivity index (χ2v) is 6.54. The van der Waals surface area contributed by atoms with E-state index in [1.54, 1.807) is 19.2 Å². The average Bonchev–Trinajstić information content (AvgIpc) is 2.96. The Kier molecular flexibility index (Phi) is 4.90. The molecule has 0 saturated carbocycles. The zero-order valence-corrected chi connectivity index (χ0v) is 14.2. The molecule has 0 N–H and O–H groups in total. The van der Waals surface area contributed by atoms with Gasteiger partial charge >= 0.3 is 0 Å². The summed E-state index contributed by atoms with van der Waals surface area (Å²) in [5, 5.41) is 0. The normalized spacial score (nSPS) is 18.5. The van der Waals surface area contributed by atoms with E-state index < -0.39 is 0 Å². The second kappa shape index (κ2) is 7.09. The van der Waals surface area contributed by atoms with Gasteiger partial charge in [-0.2, -0.15) is 0 Å². The molecule has 2 aromatic rings. The van der Waals surface area contributed by atoms with Gasteiger partial charge in [-0.15, -0.1) is 0 Å². The lowest BCUT2D eigenvalue weighted by Gasteiger charge is -2.31. The maximum absolute atomic E-state index is 12.6.